The Morgan fingerprint density at radius 1 is 1.10 bits per heavy atom. The largest absolute Gasteiger partial charge is 0.416 e. The molecule has 0 aliphatic carbocycles. The summed E-state index contributed by atoms with van der Waals surface area (Å²) in [6.07, 6.45) is -7.20. The van der Waals surface area contributed by atoms with E-state index in [1.165, 1.54) is 0 Å². The number of nitrogens with one attached hydrogen (secondary N) is 1. The average Bonchev–Trinajstić information content (AvgIpc) is 2.40. The molecule has 0 aromatic heterocycles. The van der Waals surface area contributed by atoms with Crippen molar-refractivity contribution in [3.8, 4) is 0 Å². The van der Waals surface area contributed by atoms with Gasteiger partial charge in [-0.3, -0.25) is 0 Å². The van der Waals surface area contributed by atoms with Gasteiger partial charge in [0.2, 0.25) is 0 Å². The molecular formula is C13H25F4NOSi. The van der Waals surface area contributed by atoms with Crippen molar-refractivity contribution in [2.45, 2.75) is 69.7 Å². The van der Waals surface area contributed by atoms with E-state index in [4.69, 9.17) is 4.43 Å². The van der Waals surface area contributed by atoms with Crippen molar-refractivity contribution >= 4 is 8.32 Å². The maximum Gasteiger partial charge on any atom is 0.416 e. The molecule has 1 fully saturated rings. The quantitative estimate of drug-likeness (QED) is 0.590. The van der Waals surface area contributed by atoms with Crippen LogP contribution in [0.15, 0.2) is 0 Å². The van der Waals surface area contributed by atoms with Crippen molar-refractivity contribution in [1.29, 1.82) is 0 Å². The molecule has 1 saturated heterocycles. The maximum absolute atomic E-state index is 14.8. The molecule has 7 heteroatoms. The topological polar surface area (TPSA) is 21.3 Å². The molecule has 1 atom stereocenters. The van der Waals surface area contributed by atoms with Gasteiger partial charge in [-0.25, -0.2) is 4.39 Å². The zero-order chi connectivity index (χ0) is 15.4. The number of hydrogen-bond acceptors (Lipinski definition) is 2. The van der Waals surface area contributed by atoms with Crippen LogP contribution in [0.5, 0.6) is 0 Å². The summed E-state index contributed by atoms with van der Waals surface area (Å²) in [5, 5.41) is 2.90. The Kier molecular flexibility index (Phi) is 6.04. The lowest BCUT2D eigenvalue weighted by molar-refractivity contribution is -0.239. The van der Waals surface area contributed by atoms with E-state index in [0.29, 0.717) is 18.1 Å². The molecule has 0 aromatic rings. The molecule has 0 radical (unpaired) electrons. The minimum absolute atomic E-state index is 0.140. The first-order valence-corrected chi connectivity index (χ1v) is 9.90. The second kappa shape index (κ2) is 6.75. The molecule has 20 heavy (non-hydrogen) atoms. The Morgan fingerprint density at radius 3 is 1.90 bits per heavy atom. The Balaban J connectivity index is 3.01. The van der Waals surface area contributed by atoms with Crippen LogP contribution in [0.3, 0.4) is 0 Å². The minimum atomic E-state index is -4.65. The summed E-state index contributed by atoms with van der Waals surface area (Å²) in [5.74, 6) is 0. The smallest absolute Gasteiger partial charge is 0.403 e. The highest BCUT2D eigenvalue weighted by molar-refractivity contribution is 6.73. The Labute approximate surface area is 119 Å². The molecule has 1 unspecified atom stereocenters. The van der Waals surface area contributed by atoms with E-state index < -0.39 is 26.3 Å². The van der Waals surface area contributed by atoms with E-state index in [2.05, 4.69) is 5.32 Å². The highest BCUT2D eigenvalue weighted by atomic mass is 28.4. The van der Waals surface area contributed by atoms with Gasteiger partial charge >= 0.3 is 6.18 Å². The summed E-state index contributed by atoms with van der Waals surface area (Å²) < 4.78 is 60.3. The summed E-state index contributed by atoms with van der Waals surface area (Å²) in [5.41, 5.74) is -2.29. The Bertz CT molecular complexity index is 293. The first-order chi connectivity index (χ1) is 9.23. The fraction of sp³-hybridized carbons (Fsp3) is 1.00. The van der Waals surface area contributed by atoms with Crippen LogP contribution in [-0.2, 0) is 4.43 Å². The van der Waals surface area contributed by atoms with E-state index >= 15 is 0 Å². The standard InChI is InChI=1S/C13H25F4NOSi/c1-4-20(5-2,6-3)19-11(13(15,16)17)12(14)7-9-18-10-8-12/h11,18H,4-10H2,1-3H3. The molecule has 0 amide bonds. The van der Waals surface area contributed by atoms with Crippen molar-refractivity contribution in [3.63, 3.8) is 0 Å². The predicted octanol–water partition coefficient (Wildman–Crippen LogP) is 4.03. The number of alkyl halides is 4. The molecule has 1 aliphatic rings. The molecule has 1 N–H and O–H groups in total. The summed E-state index contributed by atoms with van der Waals surface area (Å²) in [6, 6.07) is 1.75. The van der Waals surface area contributed by atoms with Crippen LogP contribution >= 0.6 is 0 Å². The third-order valence-corrected chi connectivity index (χ3v) is 9.10. The van der Waals surface area contributed by atoms with Gasteiger partial charge in [0.1, 0.15) is 5.67 Å². The molecule has 1 rings (SSSR count). The fourth-order valence-electron chi connectivity index (χ4n) is 2.82. The van der Waals surface area contributed by atoms with Gasteiger partial charge in [0.25, 0.3) is 0 Å². The average molecular weight is 315 g/mol. The lowest BCUT2D eigenvalue weighted by atomic mass is 9.88. The van der Waals surface area contributed by atoms with Gasteiger partial charge in [-0.15, -0.1) is 0 Å². The van der Waals surface area contributed by atoms with Crippen molar-refractivity contribution in [3.05, 3.63) is 0 Å². The summed E-state index contributed by atoms with van der Waals surface area (Å²) in [6.45, 7) is 6.08. The van der Waals surface area contributed by atoms with Crippen molar-refractivity contribution in [2.75, 3.05) is 13.1 Å². The van der Waals surface area contributed by atoms with Crippen molar-refractivity contribution in [1.82, 2.24) is 5.32 Å². The van der Waals surface area contributed by atoms with Crippen LogP contribution in [0, 0.1) is 0 Å². The molecular weight excluding hydrogens is 290 g/mol. The SMILES string of the molecule is CC[Si](CC)(CC)OC(C(F)(F)F)C1(F)CCNCC1. The third-order valence-electron chi connectivity index (χ3n) is 4.50. The number of piperidine rings is 1. The number of halogens is 4. The van der Waals surface area contributed by atoms with Crippen LogP contribution in [-0.4, -0.2) is 39.4 Å². The molecule has 1 heterocycles. The molecule has 0 saturated carbocycles. The lowest BCUT2D eigenvalue weighted by Gasteiger charge is -2.42. The highest BCUT2D eigenvalue weighted by Crippen LogP contribution is 2.41. The van der Waals surface area contributed by atoms with Crippen LogP contribution in [0.1, 0.15) is 33.6 Å². The maximum atomic E-state index is 14.8. The van der Waals surface area contributed by atoms with Gasteiger partial charge in [0.05, 0.1) is 0 Å². The van der Waals surface area contributed by atoms with E-state index in [0.717, 1.165) is 0 Å². The third kappa shape index (κ3) is 3.95. The summed E-state index contributed by atoms with van der Waals surface area (Å²) in [7, 11) is -2.50. The fourth-order valence-corrected chi connectivity index (χ4v) is 5.67. The molecule has 0 aromatic carbocycles. The lowest BCUT2D eigenvalue weighted by Crippen LogP contribution is -2.58. The first kappa shape index (κ1) is 17.9. The van der Waals surface area contributed by atoms with Crippen LogP contribution in [0.25, 0.3) is 0 Å². The second-order valence-corrected chi connectivity index (χ2v) is 10.3. The minimum Gasteiger partial charge on any atom is -0.403 e. The van der Waals surface area contributed by atoms with E-state index in [1.54, 1.807) is 0 Å². The monoisotopic (exact) mass is 315 g/mol. The summed E-state index contributed by atoms with van der Waals surface area (Å²) >= 11 is 0. The predicted molar refractivity (Wildman–Crippen MR) is 74.1 cm³/mol. The van der Waals surface area contributed by atoms with Crippen LogP contribution < -0.4 is 5.32 Å². The molecule has 0 bridgehead atoms. The van der Waals surface area contributed by atoms with Gasteiger partial charge in [-0.1, -0.05) is 20.8 Å². The second-order valence-electron chi connectivity index (χ2n) is 5.57. The zero-order valence-corrected chi connectivity index (χ0v) is 13.4. The first-order valence-electron chi connectivity index (χ1n) is 7.37. The van der Waals surface area contributed by atoms with Crippen LogP contribution in [0.2, 0.25) is 18.1 Å². The van der Waals surface area contributed by atoms with Gasteiger partial charge < -0.3 is 9.74 Å². The van der Waals surface area contributed by atoms with E-state index in [9.17, 15) is 17.6 Å². The van der Waals surface area contributed by atoms with Gasteiger partial charge in [0.15, 0.2) is 14.4 Å². The summed E-state index contributed by atoms with van der Waals surface area (Å²) in [4.78, 5) is 0. The van der Waals surface area contributed by atoms with E-state index in [-0.39, 0.29) is 25.9 Å². The van der Waals surface area contributed by atoms with Gasteiger partial charge in [-0.05, 0) is 44.1 Å². The highest BCUT2D eigenvalue weighted by Gasteiger charge is 2.57. The zero-order valence-electron chi connectivity index (χ0n) is 12.4. The number of hydrogen-bond donors (Lipinski definition) is 1. The van der Waals surface area contributed by atoms with Gasteiger partial charge in [0, 0.05) is 0 Å². The Morgan fingerprint density at radius 2 is 1.55 bits per heavy atom. The van der Waals surface area contributed by atoms with Gasteiger partial charge in [-0.2, -0.15) is 13.2 Å². The van der Waals surface area contributed by atoms with E-state index in [1.807, 2.05) is 20.8 Å². The van der Waals surface area contributed by atoms with Crippen molar-refractivity contribution < 1.29 is 22.0 Å². The molecule has 120 valence electrons. The molecule has 1 aliphatic heterocycles. The van der Waals surface area contributed by atoms with Crippen molar-refractivity contribution in [2.24, 2.45) is 0 Å². The molecule has 2 nitrogen and oxygen atoms in total. The Hall–Kier alpha value is -0.143. The normalized spacial score (nSPS) is 21.8. The van der Waals surface area contributed by atoms with Crippen LogP contribution in [0.4, 0.5) is 17.6 Å². The number of rotatable bonds is 6. The molecule has 0 spiro atoms.